The first-order valence-corrected chi connectivity index (χ1v) is 10.5. The summed E-state index contributed by atoms with van der Waals surface area (Å²) in [6, 6.07) is 5.64. The number of nitrogens with zero attached hydrogens (tertiary/aromatic N) is 2. The van der Waals surface area contributed by atoms with Crippen molar-refractivity contribution in [3.8, 4) is 0 Å². The van der Waals surface area contributed by atoms with Gasteiger partial charge in [-0.1, -0.05) is 36.2 Å². The molecule has 0 bridgehead atoms. The van der Waals surface area contributed by atoms with E-state index in [-0.39, 0.29) is 17.7 Å². The summed E-state index contributed by atoms with van der Waals surface area (Å²) in [4.78, 5) is 17.9. The van der Waals surface area contributed by atoms with E-state index in [4.69, 9.17) is 21.3 Å². The van der Waals surface area contributed by atoms with E-state index in [1.807, 2.05) is 4.57 Å². The van der Waals surface area contributed by atoms with Crippen molar-refractivity contribution in [1.82, 2.24) is 9.55 Å². The standard InChI is InChI=1S/C19H23ClN2O2S/c20-13-8-9-16-17(11-13)21-19(25-12-15-7-3-4-10-24-15)22(18(16)23)14-5-1-2-6-14/h8-9,11,14-15H,1-7,10,12H2. The summed E-state index contributed by atoms with van der Waals surface area (Å²) in [5, 5.41) is 2.10. The van der Waals surface area contributed by atoms with Gasteiger partial charge in [-0.05, 0) is 50.3 Å². The van der Waals surface area contributed by atoms with Crippen molar-refractivity contribution < 1.29 is 4.74 Å². The molecular formula is C19H23ClN2O2S. The Labute approximate surface area is 156 Å². The Kier molecular flexibility index (Phi) is 5.34. The van der Waals surface area contributed by atoms with Gasteiger partial charge >= 0.3 is 0 Å². The summed E-state index contributed by atoms with van der Waals surface area (Å²) in [6.45, 7) is 0.849. The Morgan fingerprint density at radius 2 is 2.00 bits per heavy atom. The summed E-state index contributed by atoms with van der Waals surface area (Å²) < 4.78 is 7.79. The molecule has 0 spiro atoms. The zero-order valence-corrected chi connectivity index (χ0v) is 15.8. The van der Waals surface area contributed by atoms with Gasteiger partial charge in [-0.15, -0.1) is 0 Å². The van der Waals surface area contributed by atoms with Gasteiger partial charge < -0.3 is 4.74 Å². The molecule has 1 unspecified atom stereocenters. The summed E-state index contributed by atoms with van der Waals surface area (Å²) >= 11 is 7.77. The summed E-state index contributed by atoms with van der Waals surface area (Å²) in [5.74, 6) is 0.852. The summed E-state index contributed by atoms with van der Waals surface area (Å²) in [6.07, 6.45) is 8.24. The van der Waals surface area contributed by atoms with E-state index in [0.717, 1.165) is 43.2 Å². The number of fused-ring (bicyclic) bond motifs is 1. The lowest BCUT2D eigenvalue weighted by atomic mass is 10.1. The molecule has 0 amide bonds. The molecule has 6 heteroatoms. The number of halogens is 1. The van der Waals surface area contributed by atoms with Gasteiger partial charge in [0.25, 0.3) is 5.56 Å². The maximum atomic E-state index is 13.1. The number of hydrogen-bond donors (Lipinski definition) is 0. The third kappa shape index (κ3) is 3.74. The van der Waals surface area contributed by atoms with Crippen LogP contribution in [0.2, 0.25) is 5.02 Å². The lowest BCUT2D eigenvalue weighted by molar-refractivity contribution is 0.0315. The van der Waals surface area contributed by atoms with Crippen LogP contribution in [-0.4, -0.2) is 28.0 Å². The maximum absolute atomic E-state index is 13.1. The van der Waals surface area contributed by atoms with Crippen LogP contribution in [0.15, 0.2) is 28.2 Å². The molecular weight excluding hydrogens is 356 g/mol. The van der Waals surface area contributed by atoms with Crippen molar-refractivity contribution in [2.24, 2.45) is 0 Å². The molecule has 0 N–H and O–H groups in total. The third-order valence-electron chi connectivity index (χ3n) is 5.19. The molecule has 1 saturated heterocycles. The van der Waals surface area contributed by atoms with Gasteiger partial charge in [0, 0.05) is 23.4 Å². The Balaban J connectivity index is 1.71. The predicted octanol–water partition coefficient (Wildman–Crippen LogP) is 4.83. The average molecular weight is 379 g/mol. The highest BCUT2D eigenvalue weighted by atomic mass is 35.5. The molecule has 1 aromatic heterocycles. The van der Waals surface area contributed by atoms with E-state index in [1.165, 1.54) is 19.3 Å². The van der Waals surface area contributed by atoms with Crippen molar-refractivity contribution >= 4 is 34.3 Å². The zero-order valence-electron chi connectivity index (χ0n) is 14.2. The molecule has 1 saturated carbocycles. The molecule has 2 fully saturated rings. The minimum absolute atomic E-state index is 0.0700. The smallest absolute Gasteiger partial charge is 0.262 e. The molecule has 1 aliphatic carbocycles. The summed E-state index contributed by atoms with van der Waals surface area (Å²) in [7, 11) is 0. The number of aromatic nitrogens is 2. The molecule has 134 valence electrons. The fourth-order valence-corrected chi connectivity index (χ4v) is 5.14. The van der Waals surface area contributed by atoms with Crippen molar-refractivity contribution in [2.45, 2.75) is 62.2 Å². The molecule has 4 nitrogen and oxygen atoms in total. The fourth-order valence-electron chi connectivity index (χ4n) is 3.84. The largest absolute Gasteiger partial charge is 0.377 e. The molecule has 4 rings (SSSR count). The van der Waals surface area contributed by atoms with Gasteiger partial charge in [0.1, 0.15) is 0 Å². The number of benzene rings is 1. The van der Waals surface area contributed by atoms with Crippen LogP contribution in [0.3, 0.4) is 0 Å². The predicted molar refractivity (Wildman–Crippen MR) is 103 cm³/mol. The molecule has 0 radical (unpaired) electrons. The highest BCUT2D eigenvalue weighted by molar-refractivity contribution is 7.99. The SMILES string of the molecule is O=c1c2ccc(Cl)cc2nc(SCC2CCCCO2)n1C1CCCC1. The fraction of sp³-hybridized carbons (Fsp3) is 0.579. The van der Waals surface area contributed by atoms with Crippen molar-refractivity contribution in [3.63, 3.8) is 0 Å². The average Bonchev–Trinajstić information content (AvgIpc) is 3.14. The summed E-state index contributed by atoms with van der Waals surface area (Å²) in [5.41, 5.74) is 0.763. The number of ether oxygens (including phenoxy) is 1. The van der Waals surface area contributed by atoms with Crippen LogP contribution in [0.5, 0.6) is 0 Å². The lowest BCUT2D eigenvalue weighted by Gasteiger charge is -2.23. The minimum Gasteiger partial charge on any atom is -0.377 e. The number of thioether (sulfide) groups is 1. The van der Waals surface area contributed by atoms with Crippen molar-refractivity contribution in [1.29, 1.82) is 0 Å². The van der Waals surface area contributed by atoms with E-state index in [2.05, 4.69) is 0 Å². The second-order valence-corrected chi connectivity index (χ2v) is 8.39. The Morgan fingerprint density at radius 3 is 2.76 bits per heavy atom. The topological polar surface area (TPSA) is 44.1 Å². The highest BCUT2D eigenvalue weighted by Crippen LogP contribution is 2.33. The second-order valence-electron chi connectivity index (χ2n) is 6.97. The number of rotatable bonds is 4. The van der Waals surface area contributed by atoms with Gasteiger partial charge in [-0.25, -0.2) is 4.98 Å². The first kappa shape index (κ1) is 17.4. The Bertz CT molecular complexity index is 811. The quantitative estimate of drug-likeness (QED) is 0.564. The van der Waals surface area contributed by atoms with Crippen LogP contribution >= 0.6 is 23.4 Å². The van der Waals surface area contributed by atoms with Crippen LogP contribution in [-0.2, 0) is 4.74 Å². The monoisotopic (exact) mass is 378 g/mol. The van der Waals surface area contributed by atoms with E-state index in [0.29, 0.717) is 15.9 Å². The van der Waals surface area contributed by atoms with Gasteiger partial charge in [-0.2, -0.15) is 0 Å². The van der Waals surface area contributed by atoms with Crippen molar-refractivity contribution in [2.75, 3.05) is 12.4 Å². The molecule has 1 aliphatic heterocycles. The first-order valence-electron chi connectivity index (χ1n) is 9.18. The van der Waals surface area contributed by atoms with E-state index in [1.54, 1.807) is 30.0 Å². The zero-order chi connectivity index (χ0) is 17.2. The molecule has 2 heterocycles. The van der Waals surface area contributed by atoms with E-state index < -0.39 is 0 Å². The second kappa shape index (κ2) is 7.68. The van der Waals surface area contributed by atoms with E-state index in [9.17, 15) is 4.79 Å². The van der Waals surface area contributed by atoms with Crippen LogP contribution in [0.25, 0.3) is 10.9 Å². The van der Waals surface area contributed by atoms with Crippen LogP contribution < -0.4 is 5.56 Å². The van der Waals surface area contributed by atoms with Crippen LogP contribution in [0.1, 0.15) is 51.0 Å². The highest BCUT2D eigenvalue weighted by Gasteiger charge is 2.24. The van der Waals surface area contributed by atoms with E-state index >= 15 is 0 Å². The first-order chi connectivity index (χ1) is 12.2. The lowest BCUT2D eigenvalue weighted by Crippen LogP contribution is -2.27. The van der Waals surface area contributed by atoms with Gasteiger partial charge in [0.15, 0.2) is 5.16 Å². The van der Waals surface area contributed by atoms with Crippen molar-refractivity contribution in [3.05, 3.63) is 33.6 Å². The van der Waals surface area contributed by atoms with Crippen LogP contribution in [0.4, 0.5) is 0 Å². The Morgan fingerprint density at radius 1 is 1.20 bits per heavy atom. The van der Waals surface area contributed by atoms with Gasteiger partial charge in [-0.3, -0.25) is 9.36 Å². The van der Waals surface area contributed by atoms with Crippen LogP contribution in [0, 0.1) is 0 Å². The molecule has 1 aromatic carbocycles. The molecule has 2 aliphatic rings. The minimum atomic E-state index is 0.0700. The van der Waals surface area contributed by atoms with Gasteiger partial charge in [0.05, 0.1) is 17.0 Å². The third-order valence-corrected chi connectivity index (χ3v) is 6.51. The molecule has 2 aromatic rings. The normalized spacial score (nSPS) is 21.9. The molecule has 1 atom stereocenters. The number of hydrogen-bond acceptors (Lipinski definition) is 4. The Hall–Kier alpha value is -1.04. The molecule has 25 heavy (non-hydrogen) atoms. The van der Waals surface area contributed by atoms with Gasteiger partial charge in [0.2, 0.25) is 0 Å². The maximum Gasteiger partial charge on any atom is 0.262 e.